The molecule has 4 aliphatic rings. The molecule has 40 heavy (non-hydrogen) atoms. The first-order chi connectivity index (χ1) is 18.6. The van der Waals surface area contributed by atoms with Crippen molar-refractivity contribution < 1.29 is 24.5 Å². The van der Waals surface area contributed by atoms with Crippen LogP contribution < -0.4 is 5.32 Å². The van der Waals surface area contributed by atoms with Gasteiger partial charge in [0.1, 0.15) is 11.9 Å². The van der Waals surface area contributed by atoms with Crippen LogP contribution in [0.1, 0.15) is 93.4 Å². The number of aliphatic hydroxyl groups excluding tert-OH is 2. The zero-order valence-electron chi connectivity index (χ0n) is 26.0. The van der Waals surface area contributed by atoms with Gasteiger partial charge in [-0.15, -0.1) is 18.3 Å². The Labute approximate surface area is 246 Å². The van der Waals surface area contributed by atoms with Crippen molar-refractivity contribution in [2.75, 3.05) is 18.8 Å². The minimum atomic E-state index is -0.663. The Morgan fingerprint density at radius 3 is 2.55 bits per heavy atom. The van der Waals surface area contributed by atoms with Crippen LogP contribution in [-0.4, -0.2) is 64.4 Å². The first kappa shape index (κ1) is 32.0. The Morgan fingerprint density at radius 1 is 1.20 bits per heavy atom. The minimum Gasteiger partial charge on any atom is -0.461 e. The number of Topliss-reactive ketones (excluding diaryl/α,β-unsaturated/α-hetero) is 1. The summed E-state index contributed by atoms with van der Waals surface area (Å²) in [4.78, 5) is 27.0. The van der Waals surface area contributed by atoms with Gasteiger partial charge in [0.15, 0.2) is 0 Å². The molecule has 0 spiro atoms. The predicted octanol–water partition coefficient (Wildman–Crippen LogP) is 5.40. The van der Waals surface area contributed by atoms with Gasteiger partial charge in [-0.3, -0.25) is 9.59 Å². The average molecular weight is 578 g/mol. The summed E-state index contributed by atoms with van der Waals surface area (Å²) in [6.45, 7) is 21.1. The lowest BCUT2D eigenvalue weighted by molar-refractivity contribution is -0.205. The molecule has 0 heterocycles. The second-order valence-corrected chi connectivity index (χ2v) is 16.7. The van der Waals surface area contributed by atoms with Gasteiger partial charge in [0.25, 0.3) is 0 Å². The van der Waals surface area contributed by atoms with E-state index in [1.165, 1.54) is 11.8 Å². The van der Waals surface area contributed by atoms with E-state index in [4.69, 9.17) is 4.74 Å². The van der Waals surface area contributed by atoms with Crippen LogP contribution in [-0.2, 0) is 14.3 Å². The molecule has 4 fully saturated rings. The molecule has 0 saturated heterocycles. The van der Waals surface area contributed by atoms with Gasteiger partial charge >= 0.3 is 5.97 Å². The molecule has 7 heteroatoms. The molecule has 0 amide bonds. The maximum Gasteiger partial charge on any atom is 0.316 e. The molecule has 0 aliphatic heterocycles. The lowest BCUT2D eigenvalue weighted by atomic mass is 9.44. The van der Waals surface area contributed by atoms with E-state index in [1.807, 2.05) is 13.0 Å². The number of carbonyl (C=O) groups is 2. The third-order valence-electron chi connectivity index (χ3n) is 11.6. The van der Waals surface area contributed by atoms with Crippen LogP contribution in [0.15, 0.2) is 12.7 Å². The maximum absolute atomic E-state index is 13.6. The van der Waals surface area contributed by atoms with Crippen LogP contribution in [0.2, 0.25) is 0 Å². The molecule has 4 aliphatic carbocycles. The van der Waals surface area contributed by atoms with Crippen LogP contribution in [0, 0.1) is 45.3 Å². The average Bonchev–Trinajstić information content (AvgIpc) is 3.42. The van der Waals surface area contributed by atoms with Crippen LogP contribution in [0.5, 0.6) is 0 Å². The number of ketones is 1. The molecular formula is C33H55NO5S. The molecule has 3 unspecified atom stereocenters. The van der Waals surface area contributed by atoms with Crippen molar-refractivity contribution in [3.05, 3.63) is 12.7 Å². The Hall–Kier alpha value is -0.890. The van der Waals surface area contributed by atoms with E-state index in [9.17, 15) is 19.8 Å². The Balaban J connectivity index is 1.48. The fourth-order valence-corrected chi connectivity index (χ4v) is 10.1. The highest BCUT2D eigenvalue weighted by molar-refractivity contribution is 8.00. The number of hydrogen-bond donors (Lipinski definition) is 3. The number of carbonyl (C=O) groups excluding carboxylic acids is 2. The van der Waals surface area contributed by atoms with E-state index < -0.39 is 29.1 Å². The molecule has 6 nitrogen and oxygen atoms in total. The van der Waals surface area contributed by atoms with Crippen LogP contribution in [0.3, 0.4) is 0 Å². The lowest BCUT2D eigenvalue weighted by Crippen LogP contribution is -2.63. The normalized spacial score (nSPS) is 45.5. The van der Waals surface area contributed by atoms with E-state index in [2.05, 4.69) is 53.4 Å². The summed E-state index contributed by atoms with van der Waals surface area (Å²) in [7, 11) is 0. The van der Waals surface area contributed by atoms with Gasteiger partial charge in [-0.2, -0.15) is 0 Å². The van der Waals surface area contributed by atoms with Crippen LogP contribution in [0.25, 0.3) is 0 Å². The topological polar surface area (TPSA) is 95.9 Å². The largest absolute Gasteiger partial charge is 0.461 e. The SMILES string of the molecule is C=C[C@]1(C)C[C@@H](OC(=O)CS[C@H]2C[C@H](CNCC(C)(C)C)C[C@@H]2O)[C@]2(C)C(C)CCC3(CCC(=O)[C@H]32)[C@@H](C)C1O. The molecule has 4 saturated carbocycles. The van der Waals surface area contributed by atoms with Crippen molar-refractivity contribution in [3.63, 3.8) is 0 Å². The first-order valence-electron chi connectivity index (χ1n) is 15.6. The fraction of sp³-hybridized carbons (Fsp3) is 0.879. The third kappa shape index (κ3) is 5.83. The molecule has 4 rings (SSSR count). The number of nitrogens with one attached hydrogen (secondary N) is 1. The summed E-state index contributed by atoms with van der Waals surface area (Å²) in [6, 6.07) is 0. The zero-order valence-corrected chi connectivity index (χ0v) is 26.8. The van der Waals surface area contributed by atoms with E-state index in [-0.39, 0.29) is 51.3 Å². The molecular weight excluding hydrogens is 522 g/mol. The van der Waals surface area contributed by atoms with E-state index in [1.54, 1.807) is 0 Å². The number of aliphatic hydroxyl groups is 2. The molecule has 0 aromatic heterocycles. The van der Waals surface area contributed by atoms with E-state index in [0.717, 1.165) is 45.2 Å². The lowest BCUT2D eigenvalue weighted by Gasteiger charge is -2.61. The van der Waals surface area contributed by atoms with Gasteiger partial charge in [0.05, 0.1) is 18.0 Å². The quantitative estimate of drug-likeness (QED) is 0.263. The Bertz CT molecular complexity index is 965. The second-order valence-electron chi connectivity index (χ2n) is 15.5. The van der Waals surface area contributed by atoms with Crippen molar-refractivity contribution in [3.8, 4) is 0 Å². The van der Waals surface area contributed by atoms with Gasteiger partial charge in [-0.05, 0) is 80.2 Å². The third-order valence-corrected chi connectivity index (χ3v) is 13.0. The molecule has 2 bridgehead atoms. The number of hydrogen-bond acceptors (Lipinski definition) is 7. The standard InChI is InChI=1S/C33H55NO5S/c1-9-31(7)16-26(32(8)20(2)10-12-33(21(3)29(31)38)13-11-23(35)28(32)33)39-27(37)18-40-25-15-22(14-24(25)36)17-34-19-30(4,5)6/h9,20-22,24-26,28-29,34,36,38H,1,10-19H2,2-8H3/t20?,21-,22+,24-,25-,26+,28-,29?,31+,32-,33?/m0/s1. The highest BCUT2D eigenvalue weighted by Crippen LogP contribution is 2.68. The monoisotopic (exact) mass is 577 g/mol. The molecule has 0 aromatic carbocycles. The van der Waals surface area contributed by atoms with Gasteiger partial charge < -0.3 is 20.3 Å². The summed E-state index contributed by atoms with van der Waals surface area (Å²) in [6.07, 6.45) is 5.57. The highest BCUT2D eigenvalue weighted by Gasteiger charge is 2.68. The smallest absolute Gasteiger partial charge is 0.316 e. The second kappa shape index (κ2) is 11.7. The van der Waals surface area contributed by atoms with Gasteiger partial charge in [-0.25, -0.2) is 0 Å². The molecule has 11 atom stereocenters. The van der Waals surface area contributed by atoms with Crippen molar-refractivity contribution in [1.29, 1.82) is 0 Å². The summed E-state index contributed by atoms with van der Waals surface area (Å²) in [5.41, 5.74) is -1.18. The summed E-state index contributed by atoms with van der Waals surface area (Å²) < 4.78 is 6.38. The number of thioether (sulfide) groups is 1. The summed E-state index contributed by atoms with van der Waals surface area (Å²) in [5, 5.41) is 26.0. The van der Waals surface area contributed by atoms with Gasteiger partial charge in [0.2, 0.25) is 0 Å². The molecule has 0 aromatic rings. The molecule has 3 N–H and O–H groups in total. The van der Waals surface area contributed by atoms with E-state index in [0.29, 0.717) is 18.8 Å². The van der Waals surface area contributed by atoms with Gasteiger partial charge in [0, 0.05) is 28.4 Å². The fourth-order valence-electron chi connectivity index (χ4n) is 8.94. The predicted molar refractivity (Wildman–Crippen MR) is 162 cm³/mol. The Kier molecular flexibility index (Phi) is 9.33. The van der Waals surface area contributed by atoms with Crippen molar-refractivity contribution in [1.82, 2.24) is 5.32 Å². The number of esters is 1. The van der Waals surface area contributed by atoms with Crippen molar-refractivity contribution in [2.24, 2.45) is 45.3 Å². The van der Waals surface area contributed by atoms with Gasteiger partial charge in [-0.1, -0.05) is 54.5 Å². The van der Waals surface area contributed by atoms with Crippen molar-refractivity contribution >= 4 is 23.5 Å². The van der Waals surface area contributed by atoms with Crippen LogP contribution >= 0.6 is 11.8 Å². The summed E-state index contributed by atoms with van der Waals surface area (Å²) >= 11 is 1.50. The number of ether oxygens (including phenoxy) is 1. The maximum atomic E-state index is 13.6. The Morgan fingerprint density at radius 2 is 1.90 bits per heavy atom. The number of rotatable bonds is 8. The first-order valence-corrected chi connectivity index (χ1v) is 16.7. The minimum absolute atomic E-state index is 0.0145. The highest BCUT2D eigenvalue weighted by atomic mass is 32.2. The zero-order chi connectivity index (χ0) is 29.7. The molecule has 228 valence electrons. The molecule has 0 radical (unpaired) electrons. The van der Waals surface area contributed by atoms with Crippen LogP contribution in [0.4, 0.5) is 0 Å². The van der Waals surface area contributed by atoms with E-state index >= 15 is 0 Å². The summed E-state index contributed by atoms with van der Waals surface area (Å²) in [5.74, 6) is 0.515. The van der Waals surface area contributed by atoms with Crippen molar-refractivity contribution in [2.45, 2.75) is 117 Å².